The molecular formula is C17H27NO2. The van der Waals surface area contributed by atoms with Crippen molar-refractivity contribution in [1.29, 1.82) is 0 Å². The van der Waals surface area contributed by atoms with Crippen molar-refractivity contribution in [1.82, 2.24) is 0 Å². The highest BCUT2D eigenvalue weighted by atomic mass is 16.5. The third-order valence-corrected chi connectivity index (χ3v) is 4.09. The third-order valence-electron chi connectivity index (χ3n) is 4.09. The van der Waals surface area contributed by atoms with Crippen molar-refractivity contribution < 1.29 is 9.47 Å². The first-order valence-corrected chi connectivity index (χ1v) is 7.92. The van der Waals surface area contributed by atoms with Crippen LogP contribution in [0.1, 0.15) is 52.4 Å². The van der Waals surface area contributed by atoms with E-state index in [2.05, 4.69) is 13.8 Å². The zero-order valence-corrected chi connectivity index (χ0v) is 12.7. The zero-order chi connectivity index (χ0) is 14.4. The molecule has 3 heteroatoms. The number of hydrogen-bond acceptors (Lipinski definition) is 3. The molecule has 112 valence electrons. The van der Waals surface area contributed by atoms with E-state index in [1.807, 2.05) is 18.2 Å². The normalized spacial score (nSPS) is 22.5. The minimum atomic E-state index is 0.303. The van der Waals surface area contributed by atoms with Gasteiger partial charge in [-0.3, -0.25) is 0 Å². The molecule has 0 saturated heterocycles. The molecule has 2 atom stereocenters. The van der Waals surface area contributed by atoms with Gasteiger partial charge in [0, 0.05) is 0 Å². The molecule has 0 heterocycles. The molecule has 0 aliphatic heterocycles. The number of rotatable bonds is 6. The first-order chi connectivity index (χ1) is 9.74. The molecule has 0 radical (unpaired) electrons. The molecule has 1 aliphatic rings. The standard InChI is InChI=1S/C17H27NO2/c1-3-11-19-15-9-6-10-16(17(15)18)20-14-8-5-7-13(4-2)12-14/h6,9-10,13-14H,3-5,7-8,11-12,18H2,1-2H3. The maximum absolute atomic E-state index is 6.16. The van der Waals surface area contributed by atoms with Gasteiger partial charge in [0.05, 0.1) is 12.7 Å². The van der Waals surface area contributed by atoms with E-state index < -0.39 is 0 Å². The van der Waals surface area contributed by atoms with Crippen LogP contribution in [-0.4, -0.2) is 12.7 Å². The molecule has 0 bridgehead atoms. The Labute approximate surface area is 122 Å². The fraction of sp³-hybridized carbons (Fsp3) is 0.647. The van der Waals surface area contributed by atoms with Crippen LogP contribution in [0, 0.1) is 5.92 Å². The van der Waals surface area contributed by atoms with E-state index in [9.17, 15) is 0 Å². The van der Waals surface area contributed by atoms with E-state index in [-0.39, 0.29) is 0 Å². The van der Waals surface area contributed by atoms with Gasteiger partial charge in [-0.25, -0.2) is 0 Å². The summed E-state index contributed by atoms with van der Waals surface area (Å²) in [5.74, 6) is 2.32. The van der Waals surface area contributed by atoms with E-state index in [1.165, 1.54) is 19.3 Å². The monoisotopic (exact) mass is 277 g/mol. The van der Waals surface area contributed by atoms with Crippen molar-refractivity contribution in [2.45, 2.75) is 58.5 Å². The second kappa shape index (κ2) is 7.41. The maximum atomic E-state index is 6.16. The van der Waals surface area contributed by atoms with E-state index in [0.717, 1.165) is 36.7 Å². The molecule has 2 N–H and O–H groups in total. The van der Waals surface area contributed by atoms with Gasteiger partial charge in [-0.15, -0.1) is 0 Å². The molecule has 1 aromatic carbocycles. The average Bonchev–Trinajstić information content (AvgIpc) is 2.48. The summed E-state index contributed by atoms with van der Waals surface area (Å²) in [7, 11) is 0. The molecule has 2 unspecified atom stereocenters. The second-order valence-corrected chi connectivity index (χ2v) is 5.70. The van der Waals surface area contributed by atoms with Crippen LogP contribution in [-0.2, 0) is 0 Å². The number of anilines is 1. The average molecular weight is 277 g/mol. The van der Waals surface area contributed by atoms with Crippen LogP contribution >= 0.6 is 0 Å². The fourth-order valence-corrected chi connectivity index (χ4v) is 2.86. The minimum absolute atomic E-state index is 0.303. The largest absolute Gasteiger partial charge is 0.491 e. The van der Waals surface area contributed by atoms with Crippen LogP contribution in [0.5, 0.6) is 11.5 Å². The summed E-state index contributed by atoms with van der Waals surface area (Å²) in [6, 6.07) is 5.81. The second-order valence-electron chi connectivity index (χ2n) is 5.70. The highest BCUT2D eigenvalue weighted by Gasteiger charge is 2.23. The lowest BCUT2D eigenvalue weighted by Crippen LogP contribution is -2.25. The third kappa shape index (κ3) is 3.81. The van der Waals surface area contributed by atoms with Crippen LogP contribution in [0.2, 0.25) is 0 Å². The van der Waals surface area contributed by atoms with Crippen molar-refractivity contribution in [3.8, 4) is 11.5 Å². The Morgan fingerprint density at radius 1 is 1.20 bits per heavy atom. The van der Waals surface area contributed by atoms with E-state index in [0.29, 0.717) is 18.4 Å². The summed E-state index contributed by atoms with van der Waals surface area (Å²) >= 11 is 0. The van der Waals surface area contributed by atoms with Crippen LogP contribution in [0.25, 0.3) is 0 Å². The van der Waals surface area contributed by atoms with Gasteiger partial charge in [-0.05, 0) is 43.7 Å². The molecule has 1 fully saturated rings. The number of nitrogen functional groups attached to an aromatic ring is 1. The molecule has 3 nitrogen and oxygen atoms in total. The Kier molecular flexibility index (Phi) is 5.57. The quantitative estimate of drug-likeness (QED) is 0.783. The molecular weight excluding hydrogens is 250 g/mol. The first-order valence-electron chi connectivity index (χ1n) is 7.92. The van der Waals surface area contributed by atoms with E-state index in [1.54, 1.807) is 0 Å². The maximum Gasteiger partial charge on any atom is 0.146 e. The van der Waals surface area contributed by atoms with Gasteiger partial charge in [0.25, 0.3) is 0 Å². The number of nitrogens with two attached hydrogens (primary N) is 1. The molecule has 1 aliphatic carbocycles. The Morgan fingerprint density at radius 3 is 2.75 bits per heavy atom. The van der Waals surface area contributed by atoms with Gasteiger partial charge in [0.1, 0.15) is 17.2 Å². The van der Waals surface area contributed by atoms with Crippen LogP contribution < -0.4 is 15.2 Å². The summed E-state index contributed by atoms with van der Waals surface area (Å²) in [4.78, 5) is 0. The number of hydrogen-bond donors (Lipinski definition) is 1. The van der Waals surface area contributed by atoms with Gasteiger partial charge in [0.2, 0.25) is 0 Å². The van der Waals surface area contributed by atoms with Gasteiger partial charge in [-0.1, -0.05) is 32.8 Å². The molecule has 1 saturated carbocycles. The molecule has 0 amide bonds. The summed E-state index contributed by atoms with van der Waals surface area (Å²) in [6.07, 6.45) is 7.41. The molecule has 0 aromatic heterocycles. The fourth-order valence-electron chi connectivity index (χ4n) is 2.86. The van der Waals surface area contributed by atoms with Crippen molar-refractivity contribution in [2.75, 3.05) is 12.3 Å². The first kappa shape index (κ1) is 15.0. The van der Waals surface area contributed by atoms with Gasteiger partial charge in [0.15, 0.2) is 0 Å². The minimum Gasteiger partial charge on any atom is -0.491 e. The summed E-state index contributed by atoms with van der Waals surface area (Å²) < 4.78 is 11.8. The summed E-state index contributed by atoms with van der Waals surface area (Å²) in [5, 5.41) is 0. The number of ether oxygens (including phenoxy) is 2. The summed E-state index contributed by atoms with van der Waals surface area (Å²) in [5.41, 5.74) is 6.80. The predicted octanol–water partition coefficient (Wildman–Crippen LogP) is 4.41. The van der Waals surface area contributed by atoms with Crippen molar-refractivity contribution in [2.24, 2.45) is 5.92 Å². The Hall–Kier alpha value is -1.38. The van der Waals surface area contributed by atoms with Gasteiger partial charge in [-0.2, -0.15) is 0 Å². The van der Waals surface area contributed by atoms with Crippen LogP contribution in [0.3, 0.4) is 0 Å². The van der Waals surface area contributed by atoms with Crippen molar-refractivity contribution in [3.05, 3.63) is 18.2 Å². The summed E-state index contributed by atoms with van der Waals surface area (Å²) in [6.45, 7) is 5.04. The molecule has 2 rings (SSSR count). The SMILES string of the molecule is CCCOc1cccc(OC2CCCC(CC)C2)c1N. The molecule has 0 spiro atoms. The Morgan fingerprint density at radius 2 is 2.00 bits per heavy atom. The topological polar surface area (TPSA) is 44.5 Å². The van der Waals surface area contributed by atoms with Crippen molar-refractivity contribution >= 4 is 5.69 Å². The van der Waals surface area contributed by atoms with Gasteiger partial charge >= 0.3 is 0 Å². The predicted molar refractivity (Wildman–Crippen MR) is 83.3 cm³/mol. The molecule has 20 heavy (non-hydrogen) atoms. The Balaban J connectivity index is 2.01. The lowest BCUT2D eigenvalue weighted by molar-refractivity contribution is 0.122. The van der Waals surface area contributed by atoms with Crippen molar-refractivity contribution in [3.63, 3.8) is 0 Å². The highest BCUT2D eigenvalue weighted by molar-refractivity contribution is 5.62. The number of benzene rings is 1. The van der Waals surface area contributed by atoms with Gasteiger partial charge < -0.3 is 15.2 Å². The lowest BCUT2D eigenvalue weighted by atomic mass is 9.85. The van der Waals surface area contributed by atoms with Crippen LogP contribution in [0.4, 0.5) is 5.69 Å². The van der Waals surface area contributed by atoms with E-state index in [4.69, 9.17) is 15.2 Å². The lowest BCUT2D eigenvalue weighted by Gasteiger charge is -2.29. The molecule has 1 aromatic rings. The Bertz CT molecular complexity index is 419. The zero-order valence-electron chi connectivity index (χ0n) is 12.7. The highest BCUT2D eigenvalue weighted by Crippen LogP contribution is 2.35. The van der Waals surface area contributed by atoms with E-state index >= 15 is 0 Å². The smallest absolute Gasteiger partial charge is 0.146 e. The van der Waals surface area contributed by atoms with Crippen LogP contribution in [0.15, 0.2) is 18.2 Å². The number of para-hydroxylation sites is 1.